The van der Waals surface area contributed by atoms with Crippen molar-refractivity contribution < 1.29 is 9.59 Å². The van der Waals surface area contributed by atoms with Crippen molar-refractivity contribution in [3.05, 3.63) is 38.5 Å². The van der Waals surface area contributed by atoms with Gasteiger partial charge in [-0.05, 0) is 64.3 Å². The first-order valence-electron chi connectivity index (χ1n) is 6.28. The zero-order chi connectivity index (χ0) is 15.1. The number of halogens is 1. The van der Waals surface area contributed by atoms with Crippen LogP contribution in [0.1, 0.15) is 21.5 Å². The Morgan fingerprint density at radius 1 is 1.24 bits per heavy atom. The Balaban J connectivity index is 2.21. The number of amides is 3. The summed E-state index contributed by atoms with van der Waals surface area (Å²) in [6.45, 7) is 0. The van der Waals surface area contributed by atoms with Crippen molar-refractivity contribution in [1.29, 1.82) is 0 Å². The molecular formula is C14H12IN3O2S. The van der Waals surface area contributed by atoms with Crippen molar-refractivity contribution in [1.82, 2.24) is 0 Å². The van der Waals surface area contributed by atoms with Crippen LogP contribution in [-0.4, -0.2) is 11.9 Å². The van der Waals surface area contributed by atoms with E-state index in [1.807, 2.05) is 12.1 Å². The number of rotatable bonds is 2. The molecule has 108 valence electrons. The molecule has 1 aromatic heterocycles. The summed E-state index contributed by atoms with van der Waals surface area (Å²) in [6.07, 6.45) is 1.59. The van der Waals surface area contributed by atoms with Crippen LogP contribution in [0.15, 0.2) is 18.2 Å². The maximum atomic E-state index is 11.7. The van der Waals surface area contributed by atoms with Crippen molar-refractivity contribution in [2.75, 3.05) is 5.32 Å². The van der Waals surface area contributed by atoms with Gasteiger partial charge in [0.15, 0.2) is 0 Å². The zero-order valence-electron chi connectivity index (χ0n) is 10.9. The lowest BCUT2D eigenvalue weighted by molar-refractivity contribution is 0.100. The highest BCUT2D eigenvalue weighted by atomic mass is 127. The topological polar surface area (TPSA) is 98.2 Å². The van der Waals surface area contributed by atoms with E-state index in [1.54, 1.807) is 0 Å². The number of thiophene rings is 1. The lowest BCUT2D eigenvalue weighted by atomic mass is 9.89. The molecule has 1 aliphatic rings. The molecule has 1 aromatic carbocycles. The lowest BCUT2D eigenvalue weighted by Gasteiger charge is -2.17. The molecule has 0 fully saturated rings. The molecule has 7 heteroatoms. The third kappa shape index (κ3) is 2.51. The molecule has 0 saturated heterocycles. The fourth-order valence-electron chi connectivity index (χ4n) is 2.63. The van der Waals surface area contributed by atoms with E-state index in [-0.39, 0.29) is 0 Å². The third-order valence-electron chi connectivity index (χ3n) is 3.45. The SMILES string of the molecule is NC(=O)Nc1sc2c(c1C(N)=O)CCc1cc(I)ccc1-2. The van der Waals surface area contributed by atoms with E-state index in [4.69, 9.17) is 11.5 Å². The van der Waals surface area contributed by atoms with Gasteiger partial charge in [0, 0.05) is 8.45 Å². The molecule has 1 aliphatic carbocycles. The van der Waals surface area contributed by atoms with Gasteiger partial charge in [-0.25, -0.2) is 4.79 Å². The van der Waals surface area contributed by atoms with E-state index in [1.165, 1.54) is 20.5 Å². The predicted octanol–water partition coefficient (Wildman–Crippen LogP) is 2.71. The number of hydrogen-bond acceptors (Lipinski definition) is 3. The second kappa shape index (κ2) is 5.30. The van der Waals surface area contributed by atoms with Crippen LogP contribution in [0.5, 0.6) is 0 Å². The molecule has 3 rings (SSSR count). The molecule has 0 radical (unpaired) electrons. The van der Waals surface area contributed by atoms with E-state index in [0.29, 0.717) is 10.6 Å². The van der Waals surface area contributed by atoms with Gasteiger partial charge in [-0.3, -0.25) is 10.1 Å². The minimum absolute atomic E-state index is 0.387. The Labute approximate surface area is 138 Å². The van der Waals surface area contributed by atoms with Gasteiger partial charge in [0.05, 0.1) is 5.56 Å². The Morgan fingerprint density at radius 3 is 2.67 bits per heavy atom. The highest BCUT2D eigenvalue weighted by Crippen LogP contribution is 2.45. The number of benzene rings is 1. The molecule has 3 amide bonds. The zero-order valence-corrected chi connectivity index (χ0v) is 13.9. The Hall–Kier alpha value is -1.61. The van der Waals surface area contributed by atoms with Gasteiger partial charge >= 0.3 is 6.03 Å². The van der Waals surface area contributed by atoms with Gasteiger partial charge in [0.2, 0.25) is 0 Å². The Morgan fingerprint density at radius 2 is 2.00 bits per heavy atom. The highest BCUT2D eigenvalue weighted by Gasteiger charge is 2.27. The number of nitrogens with two attached hydrogens (primary N) is 2. The van der Waals surface area contributed by atoms with Crippen LogP contribution in [0.4, 0.5) is 9.80 Å². The fraction of sp³-hybridized carbons (Fsp3) is 0.143. The number of aryl methyl sites for hydroxylation is 1. The number of carbonyl (C=O) groups is 2. The molecule has 0 unspecified atom stereocenters. The minimum Gasteiger partial charge on any atom is -0.365 e. The van der Waals surface area contributed by atoms with Gasteiger partial charge in [-0.15, -0.1) is 11.3 Å². The van der Waals surface area contributed by atoms with Gasteiger partial charge in [-0.1, -0.05) is 6.07 Å². The van der Waals surface area contributed by atoms with Crippen LogP contribution < -0.4 is 16.8 Å². The van der Waals surface area contributed by atoms with Crippen molar-refractivity contribution in [3.8, 4) is 10.4 Å². The van der Waals surface area contributed by atoms with Crippen molar-refractivity contribution in [3.63, 3.8) is 0 Å². The van der Waals surface area contributed by atoms with E-state index in [9.17, 15) is 9.59 Å². The molecular weight excluding hydrogens is 401 g/mol. The highest BCUT2D eigenvalue weighted by molar-refractivity contribution is 14.1. The Bertz CT molecular complexity index is 770. The molecule has 0 bridgehead atoms. The second-order valence-corrected chi connectivity index (χ2v) is 7.04. The molecule has 0 atom stereocenters. The van der Waals surface area contributed by atoms with Crippen LogP contribution >= 0.6 is 33.9 Å². The van der Waals surface area contributed by atoms with Crippen molar-refractivity contribution in [2.24, 2.45) is 11.5 Å². The number of urea groups is 1. The third-order valence-corrected chi connectivity index (χ3v) is 5.30. The summed E-state index contributed by atoms with van der Waals surface area (Å²) in [5.41, 5.74) is 14.3. The van der Waals surface area contributed by atoms with Crippen LogP contribution in [0.3, 0.4) is 0 Å². The molecule has 2 aromatic rings. The van der Waals surface area contributed by atoms with Gasteiger partial charge < -0.3 is 11.5 Å². The Kier molecular flexibility index (Phi) is 3.62. The largest absolute Gasteiger partial charge is 0.365 e. The average Bonchev–Trinajstić information content (AvgIpc) is 2.75. The lowest BCUT2D eigenvalue weighted by Crippen LogP contribution is -2.22. The first kappa shape index (κ1) is 14.3. The van der Waals surface area contributed by atoms with E-state index in [2.05, 4.69) is 34.0 Å². The summed E-state index contributed by atoms with van der Waals surface area (Å²) in [5, 5.41) is 2.95. The van der Waals surface area contributed by atoms with Gasteiger partial charge in [0.25, 0.3) is 5.91 Å². The number of fused-ring (bicyclic) bond motifs is 3. The van der Waals surface area contributed by atoms with Crippen LogP contribution in [0.2, 0.25) is 0 Å². The number of carbonyl (C=O) groups excluding carboxylic acids is 2. The quantitative estimate of drug-likeness (QED) is 0.660. The first-order chi connectivity index (χ1) is 9.97. The summed E-state index contributed by atoms with van der Waals surface area (Å²) in [7, 11) is 0. The summed E-state index contributed by atoms with van der Waals surface area (Å²) in [6, 6.07) is 5.52. The maximum absolute atomic E-state index is 11.7. The molecule has 1 heterocycles. The molecule has 0 spiro atoms. The summed E-state index contributed by atoms with van der Waals surface area (Å²) in [4.78, 5) is 23.8. The van der Waals surface area contributed by atoms with E-state index in [0.717, 1.165) is 28.8 Å². The maximum Gasteiger partial charge on any atom is 0.317 e. The standard InChI is InChI=1S/C14H12IN3O2S/c15-7-2-4-8-6(5-7)1-3-9-10(12(16)19)13(18-14(17)20)21-11(8)9/h2,4-5H,1,3H2,(H2,16,19)(H3,17,18,20). The number of hydrogen-bond donors (Lipinski definition) is 3. The molecule has 5 N–H and O–H groups in total. The second-order valence-electron chi connectivity index (χ2n) is 4.77. The molecule has 21 heavy (non-hydrogen) atoms. The smallest absolute Gasteiger partial charge is 0.317 e. The van der Waals surface area contributed by atoms with Crippen molar-refractivity contribution in [2.45, 2.75) is 12.8 Å². The summed E-state index contributed by atoms with van der Waals surface area (Å²) < 4.78 is 1.18. The van der Waals surface area contributed by atoms with E-state index < -0.39 is 11.9 Å². The minimum atomic E-state index is -0.695. The predicted molar refractivity (Wildman–Crippen MR) is 91.6 cm³/mol. The van der Waals surface area contributed by atoms with Crippen LogP contribution in [0, 0.1) is 3.57 Å². The molecule has 5 nitrogen and oxygen atoms in total. The summed E-state index contributed by atoms with van der Waals surface area (Å²) >= 11 is 3.63. The average molecular weight is 413 g/mol. The van der Waals surface area contributed by atoms with Gasteiger partial charge in [-0.2, -0.15) is 0 Å². The monoisotopic (exact) mass is 413 g/mol. The van der Waals surface area contributed by atoms with E-state index >= 15 is 0 Å². The van der Waals surface area contributed by atoms with Crippen LogP contribution in [0.25, 0.3) is 10.4 Å². The number of primary amides is 2. The first-order valence-corrected chi connectivity index (χ1v) is 8.17. The fourth-order valence-corrected chi connectivity index (χ4v) is 4.51. The number of nitrogens with one attached hydrogen (secondary N) is 1. The summed E-state index contributed by atoms with van der Waals surface area (Å²) in [5.74, 6) is -0.537. The number of anilines is 1. The van der Waals surface area contributed by atoms with Gasteiger partial charge in [0.1, 0.15) is 5.00 Å². The normalized spacial score (nSPS) is 12.4. The molecule has 0 saturated carbocycles. The van der Waals surface area contributed by atoms with Crippen LogP contribution in [-0.2, 0) is 12.8 Å². The molecule has 0 aliphatic heterocycles. The van der Waals surface area contributed by atoms with Crippen molar-refractivity contribution >= 4 is 50.9 Å².